The van der Waals surface area contributed by atoms with Gasteiger partial charge in [-0.05, 0) is 30.2 Å². The second-order valence-corrected chi connectivity index (χ2v) is 4.67. The molecule has 0 aromatic heterocycles. The molecule has 0 saturated carbocycles. The Kier molecular flexibility index (Phi) is 4.29. The molecular weight excluding hydrogens is 273 g/mol. The highest BCUT2D eigenvalue weighted by Gasteiger charge is 2.31. The SMILES string of the molecule is NCc1cc(NC(=O)C2CCOC2)cc(C(F)(F)F)c1. The normalized spacial score (nSPS) is 19.1. The van der Waals surface area contributed by atoms with E-state index < -0.39 is 11.7 Å². The van der Waals surface area contributed by atoms with Gasteiger partial charge < -0.3 is 15.8 Å². The number of amides is 1. The van der Waals surface area contributed by atoms with E-state index in [0.29, 0.717) is 25.2 Å². The van der Waals surface area contributed by atoms with E-state index in [9.17, 15) is 18.0 Å². The first kappa shape index (κ1) is 14.8. The molecule has 1 unspecified atom stereocenters. The zero-order chi connectivity index (χ0) is 14.8. The summed E-state index contributed by atoms with van der Waals surface area (Å²) in [4.78, 5) is 11.9. The molecule has 2 rings (SSSR count). The molecule has 110 valence electrons. The molecule has 1 aliphatic heterocycles. The summed E-state index contributed by atoms with van der Waals surface area (Å²) in [6, 6.07) is 3.34. The van der Waals surface area contributed by atoms with Crippen molar-refractivity contribution in [3.8, 4) is 0 Å². The lowest BCUT2D eigenvalue weighted by atomic mass is 10.1. The van der Waals surface area contributed by atoms with Crippen molar-refractivity contribution in [1.82, 2.24) is 0 Å². The van der Waals surface area contributed by atoms with Crippen molar-refractivity contribution in [3.63, 3.8) is 0 Å². The maximum Gasteiger partial charge on any atom is 0.416 e. The van der Waals surface area contributed by atoms with Crippen LogP contribution in [0.3, 0.4) is 0 Å². The van der Waals surface area contributed by atoms with E-state index in [0.717, 1.165) is 12.1 Å². The summed E-state index contributed by atoms with van der Waals surface area (Å²) >= 11 is 0. The Morgan fingerprint density at radius 2 is 2.15 bits per heavy atom. The second-order valence-electron chi connectivity index (χ2n) is 4.67. The Bertz CT molecular complexity index is 497. The Hall–Kier alpha value is -1.60. The first-order valence-electron chi connectivity index (χ1n) is 6.20. The van der Waals surface area contributed by atoms with Crippen LogP contribution in [-0.2, 0) is 22.3 Å². The third kappa shape index (κ3) is 3.49. The lowest BCUT2D eigenvalue weighted by Crippen LogP contribution is -2.23. The summed E-state index contributed by atoms with van der Waals surface area (Å²) in [6.45, 7) is 0.766. The topological polar surface area (TPSA) is 64.3 Å². The lowest BCUT2D eigenvalue weighted by molar-refractivity contribution is -0.137. The molecule has 1 aromatic rings. The van der Waals surface area contributed by atoms with Crippen molar-refractivity contribution in [2.24, 2.45) is 11.7 Å². The standard InChI is InChI=1S/C13H15F3N2O2/c14-13(15,16)10-3-8(6-17)4-11(5-10)18-12(19)9-1-2-20-7-9/h3-5,9H,1-2,6-7,17H2,(H,18,19). The smallest absolute Gasteiger partial charge is 0.381 e. The minimum absolute atomic E-state index is 0.0284. The van der Waals surface area contributed by atoms with E-state index in [1.165, 1.54) is 6.07 Å². The molecule has 7 heteroatoms. The summed E-state index contributed by atoms with van der Waals surface area (Å²) in [5.41, 5.74) is 4.99. The highest BCUT2D eigenvalue weighted by Crippen LogP contribution is 2.32. The molecule has 0 bridgehead atoms. The van der Waals surface area contributed by atoms with Gasteiger partial charge in [-0.25, -0.2) is 0 Å². The number of benzene rings is 1. The Balaban J connectivity index is 2.20. The minimum Gasteiger partial charge on any atom is -0.381 e. The fourth-order valence-corrected chi connectivity index (χ4v) is 2.03. The van der Waals surface area contributed by atoms with Crippen LogP contribution < -0.4 is 11.1 Å². The molecule has 0 spiro atoms. The quantitative estimate of drug-likeness (QED) is 0.895. The van der Waals surface area contributed by atoms with E-state index >= 15 is 0 Å². The van der Waals surface area contributed by atoms with Crippen molar-refractivity contribution in [3.05, 3.63) is 29.3 Å². The third-order valence-corrected chi connectivity index (χ3v) is 3.12. The number of nitrogens with one attached hydrogen (secondary N) is 1. The van der Waals surface area contributed by atoms with Gasteiger partial charge in [-0.3, -0.25) is 4.79 Å². The second kappa shape index (κ2) is 5.80. The molecule has 3 N–H and O–H groups in total. The van der Waals surface area contributed by atoms with Gasteiger partial charge in [-0.2, -0.15) is 13.2 Å². The molecule has 20 heavy (non-hydrogen) atoms. The van der Waals surface area contributed by atoms with Crippen LogP contribution in [0.25, 0.3) is 0 Å². The largest absolute Gasteiger partial charge is 0.416 e. The summed E-state index contributed by atoms with van der Waals surface area (Å²) in [6.07, 6.45) is -3.89. The van der Waals surface area contributed by atoms with Crippen LogP contribution >= 0.6 is 0 Å². The number of carbonyl (C=O) groups is 1. The first-order chi connectivity index (χ1) is 9.40. The van der Waals surface area contributed by atoms with Gasteiger partial charge >= 0.3 is 6.18 Å². The van der Waals surface area contributed by atoms with Gasteiger partial charge in [0.05, 0.1) is 18.1 Å². The van der Waals surface area contributed by atoms with Crippen molar-refractivity contribution < 1.29 is 22.7 Å². The molecule has 1 saturated heterocycles. The third-order valence-electron chi connectivity index (χ3n) is 3.12. The van der Waals surface area contributed by atoms with Crippen LogP contribution in [-0.4, -0.2) is 19.1 Å². The van der Waals surface area contributed by atoms with Crippen LogP contribution in [0.15, 0.2) is 18.2 Å². The van der Waals surface area contributed by atoms with Gasteiger partial charge in [0.1, 0.15) is 0 Å². The number of hydrogen-bond acceptors (Lipinski definition) is 3. The predicted molar refractivity (Wildman–Crippen MR) is 66.9 cm³/mol. The number of carbonyl (C=O) groups excluding carboxylic acids is 1. The summed E-state index contributed by atoms with van der Waals surface area (Å²) in [5, 5.41) is 2.50. The van der Waals surface area contributed by atoms with Gasteiger partial charge in [0.15, 0.2) is 0 Å². The molecule has 1 aromatic carbocycles. The van der Waals surface area contributed by atoms with E-state index in [4.69, 9.17) is 10.5 Å². The van der Waals surface area contributed by atoms with E-state index in [1.807, 2.05) is 0 Å². The predicted octanol–water partition coefficient (Wildman–Crippen LogP) is 2.14. The van der Waals surface area contributed by atoms with Gasteiger partial charge in [-0.15, -0.1) is 0 Å². The molecule has 1 heterocycles. The number of hydrogen-bond donors (Lipinski definition) is 2. The highest BCUT2D eigenvalue weighted by atomic mass is 19.4. The molecule has 1 amide bonds. The number of rotatable bonds is 3. The molecule has 0 aliphatic carbocycles. The molecule has 4 nitrogen and oxygen atoms in total. The Morgan fingerprint density at radius 1 is 1.40 bits per heavy atom. The molecule has 1 aliphatic rings. The monoisotopic (exact) mass is 288 g/mol. The number of nitrogens with two attached hydrogens (primary N) is 1. The number of anilines is 1. The molecular formula is C13H15F3N2O2. The maximum absolute atomic E-state index is 12.7. The zero-order valence-corrected chi connectivity index (χ0v) is 10.7. The van der Waals surface area contributed by atoms with E-state index in [2.05, 4.69) is 5.32 Å². The number of halogens is 3. The van der Waals surface area contributed by atoms with Crippen molar-refractivity contribution >= 4 is 11.6 Å². The van der Waals surface area contributed by atoms with Crippen LogP contribution in [0.2, 0.25) is 0 Å². The van der Waals surface area contributed by atoms with Crippen LogP contribution in [0.5, 0.6) is 0 Å². The number of ether oxygens (including phenoxy) is 1. The van der Waals surface area contributed by atoms with E-state index in [-0.39, 0.29) is 24.1 Å². The van der Waals surface area contributed by atoms with E-state index in [1.54, 1.807) is 0 Å². The van der Waals surface area contributed by atoms with Gasteiger partial charge in [0, 0.05) is 18.8 Å². The maximum atomic E-state index is 12.7. The molecule has 1 atom stereocenters. The average Bonchev–Trinajstić information content (AvgIpc) is 2.91. The fraction of sp³-hybridized carbons (Fsp3) is 0.462. The molecule has 1 fully saturated rings. The minimum atomic E-state index is -4.47. The van der Waals surface area contributed by atoms with Gasteiger partial charge in [0.2, 0.25) is 5.91 Å². The van der Waals surface area contributed by atoms with Gasteiger partial charge in [0.25, 0.3) is 0 Å². The van der Waals surface area contributed by atoms with Crippen LogP contribution in [0.4, 0.5) is 18.9 Å². The zero-order valence-electron chi connectivity index (χ0n) is 10.7. The Morgan fingerprint density at radius 3 is 2.70 bits per heavy atom. The van der Waals surface area contributed by atoms with Gasteiger partial charge in [-0.1, -0.05) is 0 Å². The first-order valence-corrected chi connectivity index (χ1v) is 6.20. The lowest BCUT2D eigenvalue weighted by Gasteiger charge is -2.14. The van der Waals surface area contributed by atoms with Crippen molar-refractivity contribution in [2.45, 2.75) is 19.1 Å². The fourth-order valence-electron chi connectivity index (χ4n) is 2.03. The average molecular weight is 288 g/mol. The summed E-state index contributed by atoms with van der Waals surface area (Å²) in [5.74, 6) is -0.643. The Labute approximate surface area is 114 Å². The van der Waals surface area contributed by atoms with Crippen molar-refractivity contribution in [2.75, 3.05) is 18.5 Å². The molecule has 0 radical (unpaired) electrons. The highest BCUT2D eigenvalue weighted by molar-refractivity contribution is 5.93. The number of alkyl halides is 3. The summed E-state index contributed by atoms with van der Waals surface area (Å²) < 4.78 is 43.3. The summed E-state index contributed by atoms with van der Waals surface area (Å²) in [7, 11) is 0. The van der Waals surface area contributed by atoms with Crippen LogP contribution in [0, 0.1) is 5.92 Å². The van der Waals surface area contributed by atoms with Crippen molar-refractivity contribution in [1.29, 1.82) is 0 Å². The van der Waals surface area contributed by atoms with Crippen LogP contribution in [0.1, 0.15) is 17.5 Å².